The first-order valence-corrected chi connectivity index (χ1v) is 9.71. The van der Waals surface area contributed by atoms with Gasteiger partial charge >= 0.3 is 9.15 Å². The molecule has 18 heavy (non-hydrogen) atoms. The molecule has 0 aliphatic carbocycles. The second-order valence-electron chi connectivity index (χ2n) is 3.39. The fraction of sp³-hybridized carbons (Fsp3) is 0.200. The summed E-state index contributed by atoms with van der Waals surface area (Å²) in [4.78, 5) is 8.16. The lowest BCUT2D eigenvalue weighted by Crippen LogP contribution is -2.09. The van der Waals surface area contributed by atoms with E-state index in [1.807, 2.05) is 6.26 Å². The first-order chi connectivity index (χ1) is 8.51. The van der Waals surface area contributed by atoms with Crippen LogP contribution in [0.3, 0.4) is 0 Å². The average Bonchev–Trinajstić information content (AvgIpc) is 2.81. The number of thiol groups is 1. The number of allylic oxidation sites excluding steroid dienone is 2. The summed E-state index contributed by atoms with van der Waals surface area (Å²) in [6.45, 7) is 1.77. The molecule has 1 aliphatic heterocycles. The number of aryl methyl sites for hydroxylation is 1. The zero-order valence-electron chi connectivity index (χ0n) is 9.77. The fourth-order valence-corrected chi connectivity index (χ4v) is 4.81. The summed E-state index contributed by atoms with van der Waals surface area (Å²) >= 11 is 1.34. The first kappa shape index (κ1) is 13.4. The quantitative estimate of drug-likeness (QED) is 0.398. The van der Waals surface area contributed by atoms with Gasteiger partial charge in [-0.2, -0.15) is 13.4 Å². The van der Waals surface area contributed by atoms with Gasteiger partial charge in [-0.3, -0.25) is 0 Å². The van der Waals surface area contributed by atoms with Gasteiger partial charge in [0.15, 0.2) is 5.16 Å². The third-order valence-corrected chi connectivity index (χ3v) is 6.90. The zero-order valence-corrected chi connectivity index (χ0v) is 12.3. The predicted octanol–water partition coefficient (Wildman–Crippen LogP) is 2.17. The number of rotatable bonds is 4. The van der Waals surface area contributed by atoms with Gasteiger partial charge in [0.25, 0.3) is 0 Å². The maximum absolute atomic E-state index is 12.0. The van der Waals surface area contributed by atoms with E-state index in [0.29, 0.717) is 10.9 Å². The van der Waals surface area contributed by atoms with Crippen molar-refractivity contribution < 1.29 is 12.6 Å². The predicted molar refractivity (Wildman–Crippen MR) is 75.4 cm³/mol. The van der Waals surface area contributed by atoms with Gasteiger partial charge in [0.2, 0.25) is 5.88 Å². The number of aromatic nitrogens is 2. The summed E-state index contributed by atoms with van der Waals surface area (Å²) in [6, 6.07) is 1.51. The van der Waals surface area contributed by atoms with Crippen molar-refractivity contribution in [3.63, 3.8) is 0 Å². The van der Waals surface area contributed by atoms with Crippen LogP contribution in [0.1, 0.15) is 5.69 Å². The molecular formula is C10H12N2O3S3. The van der Waals surface area contributed by atoms with Crippen LogP contribution in [0.4, 0.5) is 0 Å². The molecule has 0 radical (unpaired) electrons. The van der Waals surface area contributed by atoms with Crippen LogP contribution in [0.15, 0.2) is 34.2 Å². The van der Waals surface area contributed by atoms with Gasteiger partial charge < -0.3 is 4.18 Å². The highest BCUT2D eigenvalue weighted by Crippen LogP contribution is 2.40. The molecule has 0 unspecified atom stereocenters. The van der Waals surface area contributed by atoms with Gasteiger partial charge in [-0.05, 0) is 24.0 Å². The Morgan fingerprint density at radius 1 is 1.28 bits per heavy atom. The van der Waals surface area contributed by atoms with Crippen LogP contribution < -0.4 is 4.18 Å². The number of thioether (sulfide) groups is 1. The Balaban J connectivity index is 2.26. The minimum Gasteiger partial charge on any atom is -0.354 e. The molecule has 1 aromatic rings. The molecular weight excluding hydrogens is 292 g/mol. The normalized spacial score (nSPS) is 16.2. The Bertz CT molecular complexity index is 599. The van der Waals surface area contributed by atoms with Crippen molar-refractivity contribution >= 4 is 30.8 Å². The van der Waals surface area contributed by atoms with Crippen molar-refractivity contribution in [2.24, 2.45) is 0 Å². The Morgan fingerprint density at radius 3 is 2.56 bits per heavy atom. The summed E-state index contributed by atoms with van der Waals surface area (Å²) in [5.41, 5.74) is 0.671. The van der Waals surface area contributed by atoms with Crippen LogP contribution in [-0.4, -0.2) is 24.6 Å². The van der Waals surface area contributed by atoms with E-state index in [1.165, 1.54) is 17.8 Å². The van der Waals surface area contributed by atoms with Gasteiger partial charge in [0, 0.05) is 11.8 Å². The van der Waals surface area contributed by atoms with Crippen LogP contribution in [0.25, 0.3) is 0 Å². The van der Waals surface area contributed by atoms with E-state index in [0.717, 1.165) is 0 Å². The lowest BCUT2D eigenvalue weighted by Gasteiger charge is -2.12. The van der Waals surface area contributed by atoms with Gasteiger partial charge in [0.05, 0.1) is 0 Å². The molecule has 0 saturated carbocycles. The maximum Gasteiger partial charge on any atom is 0.354 e. The Hall–Kier alpha value is -0.990. The van der Waals surface area contributed by atoms with Crippen molar-refractivity contribution in [1.82, 2.24) is 9.97 Å². The average molecular weight is 304 g/mol. The molecule has 0 fully saturated rings. The van der Waals surface area contributed by atoms with Crippen molar-refractivity contribution in [2.45, 2.75) is 12.1 Å². The van der Waals surface area contributed by atoms with E-state index in [-0.39, 0.29) is 5.88 Å². The summed E-state index contributed by atoms with van der Waals surface area (Å²) in [6.07, 6.45) is 5.22. The SMILES string of the molecule is CSc1nc(C)cc(OS(=O)(=O)[SH]2C=CC=C2)n1. The third kappa shape index (κ3) is 3.06. The molecule has 0 aromatic carbocycles. The standard InChI is InChI=1S/C10H12N2O3S3/c1-8-7-9(12-10(11-8)16-2)15-18(13,14)17-5-3-4-6-17/h3-7,17H,1-2H3. The molecule has 0 atom stereocenters. The van der Waals surface area contributed by atoms with E-state index in [2.05, 4.69) is 9.97 Å². The highest BCUT2D eigenvalue weighted by Gasteiger charge is 2.21. The molecule has 0 bridgehead atoms. The van der Waals surface area contributed by atoms with Gasteiger partial charge in [-0.25, -0.2) is 4.98 Å². The molecule has 1 aliphatic rings. The molecule has 98 valence electrons. The molecule has 8 heteroatoms. The lowest BCUT2D eigenvalue weighted by molar-refractivity contribution is 0.488. The number of hydrogen-bond donors (Lipinski definition) is 1. The number of hydrogen-bond acceptors (Lipinski definition) is 6. The molecule has 2 rings (SSSR count). The van der Waals surface area contributed by atoms with Crippen molar-refractivity contribution in [1.29, 1.82) is 0 Å². The highest BCUT2D eigenvalue weighted by molar-refractivity contribution is 8.82. The second kappa shape index (κ2) is 5.33. The summed E-state index contributed by atoms with van der Waals surface area (Å²) in [5.74, 6) is 0.0723. The van der Waals surface area contributed by atoms with E-state index in [9.17, 15) is 8.42 Å². The Labute approximate surface area is 112 Å². The zero-order chi connectivity index (χ0) is 13.2. The number of nitrogens with zero attached hydrogens (tertiary/aromatic N) is 2. The van der Waals surface area contributed by atoms with Crippen molar-refractivity contribution in [2.75, 3.05) is 6.26 Å². The molecule has 0 amide bonds. The lowest BCUT2D eigenvalue weighted by atomic mass is 10.4. The van der Waals surface area contributed by atoms with E-state index in [4.69, 9.17) is 4.18 Å². The first-order valence-electron chi connectivity index (χ1n) is 4.99. The van der Waals surface area contributed by atoms with Gasteiger partial charge in [-0.15, -0.1) is 0 Å². The summed E-state index contributed by atoms with van der Waals surface area (Å²) < 4.78 is 28.9. The van der Waals surface area contributed by atoms with E-state index in [1.54, 1.807) is 29.9 Å². The van der Waals surface area contributed by atoms with Crippen LogP contribution in [0, 0.1) is 6.92 Å². The van der Waals surface area contributed by atoms with Crippen LogP contribution in [0.2, 0.25) is 0 Å². The minimum atomic E-state index is -3.66. The van der Waals surface area contributed by atoms with Gasteiger partial charge in [0.1, 0.15) is 0 Å². The molecule has 0 N–H and O–H groups in total. The van der Waals surface area contributed by atoms with Crippen LogP contribution >= 0.6 is 21.7 Å². The molecule has 2 heterocycles. The monoisotopic (exact) mass is 304 g/mol. The third-order valence-electron chi connectivity index (χ3n) is 2.02. The topological polar surface area (TPSA) is 69.2 Å². The fourth-order valence-electron chi connectivity index (χ4n) is 1.27. The molecule has 0 saturated heterocycles. The largest absolute Gasteiger partial charge is 0.354 e. The molecule has 0 spiro atoms. The maximum atomic E-state index is 12.0. The minimum absolute atomic E-state index is 0.0723. The van der Waals surface area contributed by atoms with E-state index >= 15 is 0 Å². The van der Waals surface area contributed by atoms with Crippen LogP contribution in [0.5, 0.6) is 5.88 Å². The smallest absolute Gasteiger partial charge is 0.354 e. The van der Waals surface area contributed by atoms with Crippen molar-refractivity contribution in [3.05, 3.63) is 34.7 Å². The summed E-state index contributed by atoms with van der Waals surface area (Å²) in [7, 11) is -5.08. The van der Waals surface area contributed by atoms with Crippen molar-refractivity contribution in [3.8, 4) is 5.88 Å². The Kier molecular flexibility index (Phi) is 3.98. The van der Waals surface area contributed by atoms with Gasteiger partial charge in [-0.1, -0.05) is 33.8 Å². The highest BCUT2D eigenvalue weighted by atomic mass is 33.2. The molecule has 1 aromatic heterocycles. The molecule has 5 nitrogen and oxygen atoms in total. The second-order valence-corrected chi connectivity index (χ2v) is 9.11. The summed E-state index contributed by atoms with van der Waals surface area (Å²) in [5, 5.41) is 3.73. The van der Waals surface area contributed by atoms with Crippen LogP contribution in [-0.2, 0) is 9.15 Å². The Morgan fingerprint density at radius 2 is 1.94 bits per heavy atom. The van der Waals surface area contributed by atoms with E-state index < -0.39 is 19.1 Å².